The molecule has 1 aromatic carbocycles. The van der Waals surface area contributed by atoms with Crippen molar-refractivity contribution < 1.29 is 9.13 Å². The van der Waals surface area contributed by atoms with Gasteiger partial charge in [-0.25, -0.2) is 4.39 Å². The van der Waals surface area contributed by atoms with Gasteiger partial charge in [-0.05, 0) is 36.8 Å². The monoisotopic (exact) mass is 256 g/mol. The standard InChI is InChI=1S/C14H18ClFO/c1-17-13-8-4-7-12(14(13)16)10-5-2-3-6-11(15)9-10/h4,7-8,10-11H,2-3,5-6,9H2,1H3. The molecule has 0 N–H and O–H groups in total. The van der Waals surface area contributed by atoms with Crippen molar-refractivity contribution in [1.29, 1.82) is 0 Å². The van der Waals surface area contributed by atoms with Crippen LogP contribution in [-0.2, 0) is 0 Å². The van der Waals surface area contributed by atoms with Crippen LogP contribution in [0.4, 0.5) is 4.39 Å². The van der Waals surface area contributed by atoms with Crippen LogP contribution in [0.5, 0.6) is 5.75 Å². The van der Waals surface area contributed by atoms with Gasteiger partial charge in [-0.1, -0.05) is 25.0 Å². The lowest BCUT2D eigenvalue weighted by atomic mass is 9.91. The number of hydrogen-bond donors (Lipinski definition) is 0. The van der Waals surface area contributed by atoms with Crippen LogP contribution in [0.25, 0.3) is 0 Å². The van der Waals surface area contributed by atoms with Gasteiger partial charge in [-0.2, -0.15) is 0 Å². The van der Waals surface area contributed by atoms with Gasteiger partial charge in [0.15, 0.2) is 11.6 Å². The first-order chi connectivity index (χ1) is 8.22. The highest BCUT2D eigenvalue weighted by atomic mass is 35.5. The summed E-state index contributed by atoms with van der Waals surface area (Å²) in [6.45, 7) is 0. The third-order valence-corrected chi connectivity index (χ3v) is 3.91. The van der Waals surface area contributed by atoms with E-state index in [-0.39, 0.29) is 17.1 Å². The van der Waals surface area contributed by atoms with Crippen molar-refractivity contribution in [3.63, 3.8) is 0 Å². The Morgan fingerprint density at radius 2 is 2.06 bits per heavy atom. The molecule has 0 radical (unpaired) electrons. The number of benzene rings is 1. The Balaban J connectivity index is 2.25. The fraction of sp³-hybridized carbons (Fsp3) is 0.571. The molecule has 1 saturated carbocycles. The molecule has 1 fully saturated rings. The summed E-state index contributed by atoms with van der Waals surface area (Å²) < 4.78 is 19.2. The summed E-state index contributed by atoms with van der Waals surface area (Å²) in [5, 5.41) is 0.174. The fourth-order valence-corrected chi connectivity index (χ4v) is 2.95. The van der Waals surface area contributed by atoms with Gasteiger partial charge in [-0.15, -0.1) is 11.6 Å². The second kappa shape index (κ2) is 5.72. The second-order valence-corrected chi connectivity index (χ2v) is 5.30. The van der Waals surface area contributed by atoms with Crippen molar-refractivity contribution in [2.75, 3.05) is 7.11 Å². The van der Waals surface area contributed by atoms with Crippen LogP contribution in [0, 0.1) is 5.82 Å². The molecule has 0 spiro atoms. The largest absolute Gasteiger partial charge is 0.494 e. The van der Waals surface area contributed by atoms with Gasteiger partial charge in [0.25, 0.3) is 0 Å². The van der Waals surface area contributed by atoms with Crippen molar-refractivity contribution in [2.24, 2.45) is 0 Å². The lowest BCUT2D eigenvalue weighted by Gasteiger charge is -2.18. The highest BCUT2D eigenvalue weighted by Crippen LogP contribution is 2.36. The fourth-order valence-electron chi connectivity index (χ4n) is 2.58. The summed E-state index contributed by atoms with van der Waals surface area (Å²) >= 11 is 6.24. The molecule has 0 aliphatic heterocycles. The smallest absolute Gasteiger partial charge is 0.168 e. The predicted octanol–water partition coefficient (Wildman–Crippen LogP) is 4.49. The molecule has 1 nitrogen and oxygen atoms in total. The van der Waals surface area contributed by atoms with E-state index < -0.39 is 0 Å². The van der Waals surface area contributed by atoms with E-state index >= 15 is 0 Å². The van der Waals surface area contributed by atoms with Crippen LogP contribution >= 0.6 is 11.6 Å². The SMILES string of the molecule is COc1cccc(C2CCCCC(Cl)C2)c1F. The Kier molecular flexibility index (Phi) is 4.27. The van der Waals surface area contributed by atoms with Crippen molar-refractivity contribution in [2.45, 2.75) is 43.4 Å². The highest BCUT2D eigenvalue weighted by molar-refractivity contribution is 6.20. The quantitative estimate of drug-likeness (QED) is 0.560. The molecule has 0 heterocycles. The lowest BCUT2D eigenvalue weighted by molar-refractivity contribution is 0.380. The molecule has 2 rings (SSSR count). The first kappa shape index (κ1) is 12.7. The third-order valence-electron chi connectivity index (χ3n) is 3.51. The molecule has 2 atom stereocenters. The van der Waals surface area contributed by atoms with Gasteiger partial charge in [0, 0.05) is 5.38 Å². The molecule has 1 aliphatic rings. The Labute approximate surface area is 107 Å². The molecule has 0 amide bonds. The van der Waals surface area contributed by atoms with E-state index in [0.29, 0.717) is 5.75 Å². The van der Waals surface area contributed by atoms with Gasteiger partial charge >= 0.3 is 0 Å². The molecule has 3 heteroatoms. The second-order valence-electron chi connectivity index (χ2n) is 4.68. The van der Waals surface area contributed by atoms with E-state index in [1.807, 2.05) is 12.1 Å². The first-order valence-electron chi connectivity index (χ1n) is 6.19. The number of alkyl halides is 1. The summed E-state index contributed by atoms with van der Waals surface area (Å²) in [4.78, 5) is 0. The number of rotatable bonds is 2. The summed E-state index contributed by atoms with van der Waals surface area (Å²) in [5.41, 5.74) is 0.761. The molecule has 1 aliphatic carbocycles. The van der Waals surface area contributed by atoms with Gasteiger partial charge in [0.05, 0.1) is 7.11 Å². The first-order valence-corrected chi connectivity index (χ1v) is 6.62. The molecule has 0 bridgehead atoms. The molecule has 17 heavy (non-hydrogen) atoms. The van der Waals surface area contributed by atoms with Gasteiger partial charge in [-0.3, -0.25) is 0 Å². The minimum Gasteiger partial charge on any atom is -0.494 e. The molecule has 94 valence electrons. The zero-order valence-electron chi connectivity index (χ0n) is 10.1. The highest BCUT2D eigenvalue weighted by Gasteiger charge is 2.23. The maximum absolute atomic E-state index is 14.1. The Hall–Kier alpha value is -0.760. The maximum Gasteiger partial charge on any atom is 0.168 e. The van der Waals surface area contributed by atoms with Crippen LogP contribution in [-0.4, -0.2) is 12.5 Å². The Morgan fingerprint density at radius 3 is 2.82 bits per heavy atom. The van der Waals surface area contributed by atoms with Crippen LogP contribution in [0.15, 0.2) is 18.2 Å². The van der Waals surface area contributed by atoms with Crippen molar-refractivity contribution in [3.8, 4) is 5.75 Å². The minimum absolute atomic E-state index is 0.174. The number of halogens is 2. The van der Waals surface area contributed by atoms with E-state index in [1.54, 1.807) is 6.07 Å². The zero-order chi connectivity index (χ0) is 12.3. The molecule has 1 aromatic rings. The van der Waals surface area contributed by atoms with Crippen molar-refractivity contribution in [1.82, 2.24) is 0 Å². The molecular weight excluding hydrogens is 239 g/mol. The van der Waals surface area contributed by atoms with Gasteiger partial charge in [0.2, 0.25) is 0 Å². The summed E-state index contributed by atoms with van der Waals surface area (Å²) in [6, 6.07) is 5.37. The summed E-state index contributed by atoms with van der Waals surface area (Å²) in [5.74, 6) is 0.346. The minimum atomic E-state index is -0.217. The van der Waals surface area contributed by atoms with Crippen LogP contribution in [0.2, 0.25) is 0 Å². The third kappa shape index (κ3) is 2.92. The molecule has 0 saturated heterocycles. The summed E-state index contributed by atoms with van der Waals surface area (Å²) in [7, 11) is 1.50. The average molecular weight is 257 g/mol. The maximum atomic E-state index is 14.1. The van der Waals surface area contributed by atoms with E-state index in [9.17, 15) is 4.39 Å². The number of methoxy groups -OCH3 is 1. The Bertz CT molecular complexity index is 380. The normalized spacial score (nSPS) is 25.4. The lowest BCUT2D eigenvalue weighted by Crippen LogP contribution is -2.07. The molecule has 2 unspecified atom stereocenters. The predicted molar refractivity (Wildman–Crippen MR) is 68.4 cm³/mol. The Morgan fingerprint density at radius 1 is 1.29 bits per heavy atom. The van der Waals surface area contributed by atoms with Crippen molar-refractivity contribution >= 4 is 11.6 Å². The van der Waals surface area contributed by atoms with Crippen LogP contribution in [0.1, 0.15) is 43.6 Å². The summed E-state index contributed by atoms with van der Waals surface area (Å²) in [6.07, 6.45) is 5.21. The zero-order valence-corrected chi connectivity index (χ0v) is 10.8. The van der Waals surface area contributed by atoms with Crippen LogP contribution < -0.4 is 4.74 Å². The van der Waals surface area contributed by atoms with Crippen molar-refractivity contribution in [3.05, 3.63) is 29.6 Å². The van der Waals surface area contributed by atoms with Gasteiger partial charge in [0.1, 0.15) is 0 Å². The number of hydrogen-bond acceptors (Lipinski definition) is 1. The number of ether oxygens (including phenoxy) is 1. The molecule has 0 aromatic heterocycles. The van der Waals surface area contributed by atoms with Gasteiger partial charge < -0.3 is 4.74 Å². The van der Waals surface area contributed by atoms with E-state index in [4.69, 9.17) is 16.3 Å². The van der Waals surface area contributed by atoms with E-state index in [0.717, 1.165) is 37.7 Å². The van der Waals surface area contributed by atoms with E-state index in [2.05, 4.69) is 0 Å². The average Bonchev–Trinajstić information content (AvgIpc) is 2.54. The topological polar surface area (TPSA) is 9.23 Å². The molecular formula is C14H18ClFO. The van der Waals surface area contributed by atoms with E-state index in [1.165, 1.54) is 7.11 Å². The van der Waals surface area contributed by atoms with Crippen LogP contribution in [0.3, 0.4) is 0 Å².